The molecule has 0 saturated heterocycles. The monoisotopic (exact) mass is 235 g/mol. The molecule has 0 aliphatic heterocycles. The Morgan fingerprint density at radius 3 is 2.41 bits per heavy atom. The molecule has 2 nitrogen and oxygen atoms in total. The van der Waals surface area contributed by atoms with Gasteiger partial charge in [0.1, 0.15) is 12.4 Å². The van der Waals surface area contributed by atoms with Crippen molar-refractivity contribution < 1.29 is 4.74 Å². The van der Waals surface area contributed by atoms with E-state index in [4.69, 9.17) is 4.74 Å². The molecule has 0 aliphatic carbocycles. The summed E-state index contributed by atoms with van der Waals surface area (Å²) in [5.74, 6) is 0.972. The molecule has 0 heterocycles. The lowest BCUT2D eigenvalue weighted by Gasteiger charge is -2.15. The molecule has 0 aliphatic rings. The molecule has 0 atom stereocenters. The molecule has 1 aromatic carbocycles. The van der Waals surface area contributed by atoms with Crippen LogP contribution in [0.3, 0.4) is 0 Å². The highest BCUT2D eigenvalue weighted by Crippen LogP contribution is 2.16. The van der Waals surface area contributed by atoms with Crippen molar-refractivity contribution in [3.05, 3.63) is 29.3 Å². The summed E-state index contributed by atoms with van der Waals surface area (Å²) in [6, 6.07) is 6.88. The molecule has 0 unspecified atom stereocenters. The fraction of sp³-hybridized carbons (Fsp3) is 0.600. The average Bonchev–Trinajstić information content (AvgIpc) is 2.34. The van der Waals surface area contributed by atoms with Crippen molar-refractivity contribution in [3.63, 3.8) is 0 Å². The molecule has 0 saturated carbocycles. The average molecular weight is 235 g/mol. The largest absolute Gasteiger partial charge is 0.492 e. The van der Waals surface area contributed by atoms with Gasteiger partial charge >= 0.3 is 0 Å². The van der Waals surface area contributed by atoms with Crippen LogP contribution in [-0.4, -0.2) is 19.2 Å². The van der Waals surface area contributed by atoms with Crippen LogP contribution < -0.4 is 10.1 Å². The van der Waals surface area contributed by atoms with E-state index in [1.54, 1.807) is 0 Å². The first kappa shape index (κ1) is 14.0. The maximum absolute atomic E-state index is 5.72. The van der Waals surface area contributed by atoms with E-state index in [9.17, 15) is 0 Å². The molecule has 1 aromatic rings. The lowest BCUT2D eigenvalue weighted by molar-refractivity contribution is 0.302. The van der Waals surface area contributed by atoms with E-state index in [1.165, 1.54) is 24.0 Å². The molecule has 0 radical (unpaired) electrons. The third-order valence-electron chi connectivity index (χ3n) is 3.27. The van der Waals surface area contributed by atoms with Crippen LogP contribution in [0.25, 0.3) is 0 Å². The summed E-state index contributed by atoms with van der Waals surface area (Å²) in [5, 5.41) is 3.49. The second kappa shape index (κ2) is 7.33. The van der Waals surface area contributed by atoms with E-state index in [-0.39, 0.29) is 0 Å². The summed E-state index contributed by atoms with van der Waals surface area (Å²) in [6.45, 7) is 10.3. The molecule has 17 heavy (non-hydrogen) atoms. The first-order chi connectivity index (χ1) is 8.17. The fourth-order valence-electron chi connectivity index (χ4n) is 1.81. The van der Waals surface area contributed by atoms with Gasteiger partial charge in [-0.05, 0) is 49.9 Å². The Morgan fingerprint density at radius 1 is 1.12 bits per heavy atom. The van der Waals surface area contributed by atoms with Crippen molar-refractivity contribution in [2.24, 2.45) is 0 Å². The summed E-state index contributed by atoms with van der Waals surface area (Å²) < 4.78 is 5.72. The van der Waals surface area contributed by atoms with Crippen molar-refractivity contribution in [2.45, 2.75) is 46.6 Å². The molecule has 1 N–H and O–H groups in total. The first-order valence-corrected chi connectivity index (χ1v) is 6.60. The third kappa shape index (κ3) is 4.78. The topological polar surface area (TPSA) is 21.3 Å². The summed E-state index contributed by atoms with van der Waals surface area (Å²) in [6.07, 6.45) is 2.36. The van der Waals surface area contributed by atoms with Crippen molar-refractivity contribution in [1.82, 2.24) is 5.32 Å². The Morgan fingerprint density at radius 2 is 1.82 bits per heavy atom. The van der Waals surface area contributed by atoms with Crippen molar-refractivity contribution in [2.75, 3.05) is 13.2 Å². The van der Waals surface area contributed by atoms with Crippen LogP contribution in [0, 0.1) is 13.8 Å². The minimum atomic E-state index is 0.623. The Bertz CT molecular complexity index is 332. The van der Waals surface area contributed by atoms with Crippen LogP contribution in [0.4, 0.5) is 0 Å². The number of hydrogen-bond donors (Lipinski definition) is 1. The van der Waals surface area contributed by atoms with Gasteiger partial charge in [-0.2, -0.15) is 0 Å². The molecule has 0 bridgehead atoms. The smallest absolute Gasteiger partial charge is 0.119 e. The van der Waals surface area contributed by atoms with Crippen molar-refractivity contribution >= 4 is 0 Å². The van der Waals surface area contributed by atoms with Gasteiger partial charge in [0.2, 0.25) is 0 Å². The summed E-state index contributed by atoms with van der Waals surface area (Å²) >= 11 is 0. The Balaban J connectivity index is 2.28. The lowest BCUT2D eigenvalue weighted by atomic mass is 10.1. The van der Waals surface area contributed by atoms with Gasteiger partial charge in [-0.3, -0.25) is 0 Å². The number of ether oxygens (including phenoxy) is 1. The van der Waals surface area contributed by atoms with Gasteiger partial charge < -0.3 is 10.1 Å². The predicted octanol–water partition coefficient (Wildman–Crippen LogP) is 3.46. The zero-order valence-corrected chi connectivity index (χ0v) is 11.5. The predicted molar refractivity (Wildman–Crippen MR) is 73.8 cm³/mol. The van der Waals surface area contributed by atoms with Gasteiger partial charge in [0.15, 0.2) is 0 Å². The molecule has 96 valence electrons. The lowest BCUT2D eigenvalue weighted by Crippen LogP contribution is -2.31. The second-order valence-corrected chi connectivity index (χ2v) is 4.56. The van der Waals surface area contributed by atoms with Crippen molar-refractivity contribution in [1.29, 1.82) is 0 Å². The molecular weight excluding hydrogens is 210 g/mol. The number of aryl methyl sites for hydroxylation is 2. The highest BCUT2D eigenvalue weighted by Gasteiger charge is 2.01. The quantitative estimate of drug-likeness (QED) is 0.731. The van der Waals surface area contributed by atoms with Gasteiger partial charge in [0.05, 0.1) is 0 Å². The fourth-order valence-corrected chi connectivity index (χ4v) is 1.81. The Hall–Kier alpha value is -1.02. The Kier molecular flexibility index (Phi) is 6.06. The van der Waals surface area contributed by atoms with Crippen LogP contribution in [0.1, 0.15) is 37.8 Å². The second-order valence-electron chi connectivity index (χ2n) is 4.56. The third-order valence-corrected chi connectivity index (χ3v) is 3.27. The Labute approximate surface area is 105 Å². The summed E-state index contributed by atoms with van der Waals surface area (Å²) in [4.78, 5) is 0. The number of hydrogen-bond acceptors (Lipinski definition) is 2. The van der Waals surface area contributed by atoms with Crippen LogP contribution >= 0.6 is 0 Å². The zero-order valence-electron chi connectivity index (χ0n) is 11.5. The summed E-state index contributed by atoms with van der Waals surface area (Å²) in [5.41, 5.74) is 2.60. The van der Waals surface area contributed by atoms with E-state index in [2.05, 4.69) is 45.1 Å². The minimum Gasteiger partial charge on any atom is -0.492 e. The van der Waals surface area contributed by atoms with Crippen LogP contribution in [0.15, 0.2) is 18.2 Å². The summed E-state index contributed by atoms with van der Waals surface area (Å²) in [7, 11) is 0. The van der Waals surface area contributed by atoms with Gasteiger partial charge in [-0.15, -0.1) is 0 Å². The van der Waals surface area contributed by atoms with E-state index in [0.29, 0.717) is 6.04 Å². The highest BCUT2D eigenvalue weighted by molar-refractivity contribution is 5.33. The van der Waals surface area contributed by atoms with E-state index in [1.807, 2.05) is 6.07 Å². The van der Waals surface area contributed by atoms with E-state index < -0.39 is 0 Å². The van der Waals surface area contributed by atoms with Crippen molar-refractivity contribution in [3.8, 4) is 5.75 Å². The number of rotatable bonds is 7. The first-order valence-electron chi connectivity index (χ1n) is 6.60. The normalized spacial score (nSPS) is 10.9. The maximum atomic E-state index is 5.72. The molecular formula is C15H25NO. The van der Waals surface area contributed by atoms with Gasteiger partial charge in [0.25, 0.3) is 0 Å². The zero-order chi connectivity index (χ0) is 12.7. The molecule has 0 spiro atoms. The highest BCUT2D eigenvalue weighted by atomic mass is 16.5. The van der Waals surface area contributed by atoms with Crippen LogP contribution in [-0.2, 0) is 0 Å². The maximum Gasteiger partial charge on any atom is 0.119 e. The molecule has 1 rings (SSSR count). The number of nitrogens with one attached hydrogen (secondary N) is 1. The molecule has 2 heteroatoms. The van der Waals surface area contributed by atoms with Crippen LogP contribution in [0.2, 0.25) is 0 Å². The SMILES string of the molecule is CCC(CC)NCCOc1ccc(C)c(C)c1. The molecule has 0 fully saturated rings. The molecule has 0 amide bonds. The minimum absolute atomic E-state index is 0.623. The molecule has 0 aromatic heterocycles. The number of benzene rings is 1. The van der Waals surface area contributed by atoms with Crippen LogP contribution in [0.5, 0.6) is 5.75 Å². The van der Waals surface area contributed by atoms with Gasteiger partial charge in [0, 0.05) is 12.6 Å². The van der Waals surface area contributed by atoms with Gasteiger partial charge in [-0.1, -0.05) is 19.9 Å². The van der Waals surface area contributed by atoms with Gasteiger partial charge in [-0.25, -0.2) is 0 Å². The van der Waals surface area contributed by atoms with E-state index in [0.717, 1.165) is 18.9 Å². The standard InChI is InChI=1S/C15H25NO/c1-5-14(6-2)16-9-10-17-15-8-7-12(3)13(4)11-15/h7-8,11,14,16H,5-6,9-10H2,1-4H3. The van der Waals surface area contributed by atoms with E-state index >= 15 is 0 Å².